The van der Waals surface area contributed by atoms with Gasteiger partial charge in [-0.2, -0.15) is 0 Å². The number of rotatable bonds is 5. The zero-order chi connectivity index (χ0) is 44.1. The first-order valence-electron chi connectivity index (χ1n) is 20.6. The number of fused-ring (bicyclic) bond motifs is 2. The van der Waals surface area contributed by atoms with Crippen molar-refractivity contribution in [3.05, 3.63) is 131 Å². The van der Waals surface area contributed by atoms with E-state index in [1.54, 1.807) is 36.4 Å². The molecule has 0 aromatic heterocycles. The van der Waals surface area contributed by atoms with Crippen molar-refractivity contribution < 1.29 is 23.1 Å². The Bertz CT molecular complexity index is 2720. The Hall–Kier alpha value is -3.90. The Morgan fingerprint density at radius 3 is 1.37 bits per heavy atom. The van der Waals surface area contributed by atoms with Crippen LogP contribution in [0.2, 0.25) is 0 Å². The van der Waals surface area contributed by atoms with E-state index in [4.69, 9.17) is 0 Å². The summed E-state index contributed by atoms with van der Waals surface area (Å²) >= 11 is 0. The minimum atomic E-state index is -6.12. The summed E-state index contributed by atoms with van der Waals surface area (Å²) in [7, 11) is -10.3. The number of hydrogen-bond acceptors (Lipinski definition) is 5. The second kappa shape index (κ2) is 14.1. The fourth-order valence-electron chi connectivity index (χ4n) is 8.31. The topological polar surface area (TPSA) is 94.8 Å². The second-order valence-corrected chi connectivity index (χ2v) is 26.6. The maximum atomic E-state index is 15.1. The van der Waals surface area contributed by atoms with Crippen molar-refractivity contribution in [2.24, 2.45) is 0 Å². The Morgan fingerprint density at radius 1 is 0.441 bits per heavy atom. The molecule has 0 radical (unpaired) electrons. The minimum absolute atomic E-state index is 0.0322. The summed E-state index contributed by atoms with van der Waals surface area (Å²) in [6.45, 7) is 31.2. The predicted molar refractivity (Wildman–Crippen MR) is 252 cm³/mol. The molecule has 0 amide bonds. The Morgan fingerprint density at radius 2 is 0.915 bits per heavy atom. The standard InChI is InChI=1S/C52H65O5PS/c1-48(2,3)37-23-21-33-29-40(41(50(7,8)9)30-35(33)27-37)46-45(59(56,57)39-19-17-16-18-20-39)26-25-43(47(46)52(13,14)15)58(53,54,55)44-32-34-22-24-38(49(4,5)6)28-36(34)31-42(44)51(10,11)12/h16-32,53-55H,1-15H3. The van der Waals surface area contributed by atoms with E-state index in [0.717, 1.165) is 32.7 Å². The first-order valence-corrected chi connectivity index (χ1v) is 24.2. The third-order valence-corrected chi connectivity index (χ3v) is 16.0. The van der Waals surface area contributed by atoms with Crippen LogP contribution in [0.4, 0.5) is 0 Å². The second-order valence-electron chi connectivity index (χ2n) is 21.8. The summed E-state index contributed by atoms with van der Waals surface area (Å²) in [5.74, 6) is 0. The average Bonchev–Trinajstić information content (AvgIpc) is 3.11. The summed E-state index contributed by atoms with van der Waals surface area (Å²) in [5, 5.41) is 3.59. The molecule has 0 unspecified atom stereocenters. The van der Waals surface area contributed by atoms with Gasteiger partial charge in [0, 0.05) is 0 Å². The fraction of sp³-hybridized carbons (Fsp3) is 0.385. The molecule has 0 aliphatic heterocycles. The fourth-order valence-corrected chi connectivity index (χ4v) is 12.5. The molecule has 0 atom stereocenters. The molecule has 5 nitrogen and oxygen atoms in total. The molecule has 314 valence electrons. The molecule has 6 rings (SSSR count). The first-order chi connectivity index (χ1) is 26.7. The molecule has 6 aromatic rings. The van der Waals surface area contributed by atoms with Crippen LogP contribution < -0.4 is 10.6 Å². The summed E-state index contributed by atoms with van der Waals surface area (Å²) in [4.78, 5) is 39.6. The molecule has 7 heteroatoms. The van der Waals surface area contributed by atoms with E-state index in [1.165, 1.54) is 17.7 Å². The van der Waals surface area contributed by atoms with Gasteiger partial charge in [-0.1, -0.05) is 0 Å². The molecule has 59 heavy (non-hydrogen) atoms. The van der Waals surface area contributed by atoms with Gasteiger partial charge in [0.15, 0.2) is 0 Å². The van der Waals surface area contributed by atoms with E-state index in [-0.39, 0.29) is 31.2 Å². The van der Waals surface area contributed by atoms with Gasteiger partial charge in [-0.05, 0) is 0 Å². The van der Waals surface area contributed by atoms with E-state index in [2.05, 4.69) is 92.6 Å². The monoisotopic (exact) mass is 832 g/mol. The molecule has 0 heterocycles. The molecule has 0 saturated carbocycles. The van der Waals surface area contributed by atoms with Crippen LogP contribution in [0, 0.1) is 0 Å². The van der Waals surface area contributed by atoms with Crippen LogP contribution in [-0.4, -0.2) is 23.1 Å². The predicted octanol–water partition coefficient (Wildman–Crippen LogP) is 12.2. The van der Waals surface area contributed by atoms with Gasteiger partial charge in [0.1, 0.15) is 0 Å². The number of sulfone groups is 1. The van der Waals surface area contributed by atoms with Crippen LogP contribution in [0.1, 0.15) is 132 Å². The number of benzene rings is 6. The van der Waals surface area contributed by atoms with Gasteiger partial charge >= 0.3 is 355 Å². The van der Waals surface area contributed by atoms with Gasteiger partial charge in [0.05, 0.1) is 0 Å². The van der Waals surface area contributed by atoms with Gasteiger partial charge < -0.3 is 0 Å². The normalized spacial score (nSPS) is 14.4. The van der Waals surface area contributed by atoms with Crippen LogP contribution in [0.3, 0.4) is 0 Å². The van der Waals surface area contributed by atoms with Crippen molar-refractivity contribution in [1.29, 1.82) is 0 Å². The van der Waals surface area contributed by atoms with Crippen LogP contribution >= 0.6 is 7.28 Å². The van der Waals surface area contributed by atoms with E-state index < -0.39 is 33.4 Å². The molecule has 0 fully saturated rings. The molecule has 0 aliphatic carbocycles. The Kier molecular flexibility index (Phi) is 10.7. The van der Waals surface area contributed by atoms with E-state index in [9.17, 15) is 14.7 Å². The zero-order valence-electron chi connectivity index (χ0n) is 37.8. The van der Waals surface area contributed by atoms with Crippen molar-refractivity contribution in [3.63, 3.8) is 0 Å². The van der Waals surface area contributed by atoms with Crippen LogP contribution in [0.15, 0.2) is 113 Å². The van der Waals surface area contributed by atoms with Gasteiger partial charge in [-0.15, -0.1) is 0 Å². The van der Waals surface area contributed by atoms with Gasteiger partial charge in [0.2, 0.25) is 0 Å². The molecule has 0 aliphatic rings. The summed E-state index contributed by atoms with van der Waals surface area (Å²) in [5.41, 5.74) is 2.97. The van der Waals surface area contributed by atoms with E-state index in [1.807, 2.05) is 65.8 Å². The summed E-state index contributed by atoms with van der Waals surface area (Å²) in [6, 6.07) is 31.7. The molecule has 6 aromatic carbocycles. The van der Waals surface area contributed by atoms with Crippen molar-refractivity contribution in [1.82, 2.24) is 0 Å². The molecular weight excluding hydrogens is 768 g/mol. The van der Waals surface area contributed by atoms with E-state index in [0.29, 0.717) is 22.3 Å². The molecule has 0 saturated heterocycles. The Balaban J connectivity index is 1.83. The molecule has 3 N–H and O–H groups in total. The molecular formula is C52H65O5PS. The summed E-state index contributed by atoms with van der Waals surface area (Å²) < 4.78 is 30.1. The van der Waals surface area contributed by atoms with Crippen LogP contribution in [-0.2, 0) is 36.9 Å². The third kappa shape index (κ3) is 8.29. The van der Waals surface area contributed by atoms with Crippen LogP contribution in [0.25, 0.3) is 32.7 Å². The molecule has 0 bridgehead atoms. The van der Waals surface area contributed by atoms with Gasteiger partial charge in [0.25, 0.3) is 0 Å². The molecule has 0 spiro atoms. The third-order valence-electron chi connectivity index (χ3n) is 11.7. The van der Waals surface area contributed by atoms with Crippen molar-refractivity contribution in [2.75, 3.05) is 0 Å². The van der Waals surface area contributed by atoms with E-state index >= 15 is 8.42 Å². The average molecular weight is 833 g/mol. The first kappa shape index (κ1) is 44.6. The Labute approximate surface area is 353 Å². The SMILES string of the molecule is CC(C)(C)c1ccc2cc(-c3c(S(=O)(=O)c4ccccc4)ccc(P(O)(O)(O)c4cc5ccc(C(C)(C)C)cc5cc4C(C)(C)C)c3C(C)(C)C)c(C(C)(C)C)cc2c1. The quantitative estimate of drug-likeness (QED) is 0.150. The van der Waals surface area contributed by atoms with Gasteiger partial charge in [-0.3, -0.25) is 0 Å². The van der Waals surface area contributed by atoms with Crippen molar-refractivity contribution in [2.45, 2.75) is 141 Å². The van der Waals surface area contributed by atoms with Crippen molar-refractivity contribution in [3.8, 4) is 11.1 Å². The van der Waals surface area contributed by atoms with Crippen molar-refractivity contribution >= 4 is 49.3 Å². The maximum absolute atomic E-state index is 15.1. The zero-order valence-corrected chi connectivity index (χ0v) is 39.5. The number of hydrogen-bond donors (Lipinski definition) is 3. The summed E-state index contributed by atoms with van der Waals surface area (Å²) in [6.07, 6.45) is 0. The van der Waals surface area contributed by atoms with Gasteiger partial charge in [-0.25, -0.2) is 0 Å². The van der Waals surface area contributed by atoms with Crippen LogP contribution in [0.5, 0.6) is 0 Å².